The van der Waals surface area contributed by atoms with Crippen LogP contribution < -0.4 is 0 Å². The van der Waals surface area contributed by atoms with Crippen LogP contribution in [0.1, 0.15) is 5.56 Å². The lowest BCUT2D eigenvalue weighted by Crippen LogP contribution is -1.93. The Hall–Kier alpha value is -0.755. The number of aryl methyl sites for hydroxylation is 1. The average molecular weight is 150 g/mol. The quantitative estimate of drug-likeness (QED) is 0.562. The van der Waals surface area contributed by atoms with Gasteiger partial charge in [-0.05, 0) is 6.92 Å². The van der Waals surface area contributed by atoms with Crippen LogP contribution in [-0.4, -0.2) is 11.9 Å². The molecule has 0 atom stereocenters. The molecular formula is C9H15BO. The largest absolute Gasteiger partial charge is 0.451 e. The molecule has 0 saturated heterocycles. The van der Waals surface area contributed by atoms with Crippen molar-refractivity contribution in [3.05, 3.63) is 35.9 Å². The van der Waals surface area contributed by atoms with Gasteiger partial charge in [0.1, 0.15) is 0 Å². The van der Waals surface area contributed by atoms with Gasteiger partial charge in [0.15, 0.2) is 0 Å². The van der Waals surface area contributed by atoms with E-state index in [-0.39, 0.29) is 6.92 Å². The lowest BCUT2D eigenvalue weighted by Gasteiger charge is -1.82. The monoisotopic (exact) mass is 150 g/mol. The third-order valence-corrected chi connectivity index (χ3v) is 0.940. The zero-order valence-electron chi connectivity index (χ0n) is 7.41. The Bertz CT molecular complexity index is 169. The van der Waals surface area contributed by atoms with E-state index in [0.717, 1.165) is 0 Å². The molecule has 0 aliphatic rings. The molecule has 0 amide bonds. The second-order valence-corrected chi connectivity index (χ2v) is 2.75. The maximum Gasteiger partial charge on any atom is 0.282 e. The highest BCUT2D eigenvalue weighted by Crippen LogP contribution is 1.92. The molecule has 0 saturated carbocycles. The van der Waals surface area contributed by atoms with Gasteiger partial charge in [0.05, 0.1) is 0 Å². The van der Waals surface area contributed by atoms with Gasteiger partial charge in [-0.2, -0.15) is 0 Å². The topological polar surface area (TPSA) is 20.2 Å². The van der Waals surface area contributed by atoms with Gasteiger partial charge >= 0.3 is 0 Å². The summed E-state index contributed by atoms with van der Waals surface area (Å²) >= 11 is 0. The summed E-state index contributed by atoms with van der Waals surface area (Å²) in [6.45, 7) is 5.36. The van der Waals surface area contributed by atoms with Gasteiger partial charge in [0, 0.05) is 0 Å². The van der Waals surface area contributed by atoms with Crippen molar-refractivity contribution in [2.24, 2.45) is 0 Å². The van der Waals surface area contributed by atoms with Crippen molar-refractivity contribution in [2.75, 3.05) is 0 Å². The molecule has 0 fully saturated rings. The summed E-state index contributed by atoms with van der Waals surface area (Å²) in [5.41, 5.74) is 1.32. The van der Waals surface area contributed by atoms with E-state index in [9.17, 15) is 0 Å². The van der Waals surface area contributed by atoms with E-state index in [4.69, 9.17) is 5.02 Å². The predicted molar refractivity (Wildman–Crippen MR) is 50.9 cm³/mol. The van der Waals surface area contributed by atoms with Crippen molar-refractivity contribution >= 4 is 6.92 Å². The summed E-state index contributed by atoms with van der Waals surface area (Å²) in [6, 6.07) is 10.3. The summed E-state index contributed by atoms with van der Waals surface area (Å²) in [5.74, 6) is 0. The van der Waals surface area contributed by atoms with Crippen molar-refractivity contribution in [2.45, 2.75) is 20.6 Å². The Morgan fingerprint density at radius 3 is 1.64 bits per heavy atom. The van der Waals surface area contributed by atoms with E-state index in [1.165, 1.54) is 5.56 Å². The molecule has 0 aliphatic carbocycles. The van der Waals surface area contributed by atoms with Gasteiger partial charge in [-0.15, -0.1) is 0 Å². The van der Waals surface area contributed by atoms with Gasteiger partial charge in [0.2, 0.25) is 0 Å². The summed E-state index contributed by atoms with van der Waals surface area (Å²) in [5, 5.41) is 8.06. The van der Waals surface area contributed by atoms with Gasteiger partial charge < -0.3 is 5.02 Å². The standard InChI is InChI=1S/C7H8.C2H7BO/c1-7-5-3-2-4-6-7;1-3(2)4/h2-6H,1H3;4H,1-2H3. The fourth-order valence-corrected chi connectivity index (χ4v) is 0.534. The van der Waals surface area contributed by atoms with Crippen LogP contribution in [0.25, 0.3) is 0 Å². The minimum atomic E-state index is -0.167. The SMILES string of the molecule is CB(C)O.Cc1ccccc1. The van der Waals surface area contributed by atoms with Gasteiger partial charge in [-0.25, -0.2) is 0 Å². The van der Waals surface area contributed by atoms with E-state index >= 15 is 0 Å². The number of hydrogen-bond donors (Lipinski definition) is 1. The van der Waals surface area contributed by atoms with Gasteiger partial charge in [-0.3, -0.25) is 0 Å². The second-order valence-electron chi connectivity index (χ2n) is 2.75. The Morgan fingerprint density at radius 2 is 1.45 bits per heavy atom. The van der Waals surface area contributed by atoms with E-state index in [1.54, 1.807) is 13.6 Å². The van der Waals surface area contributed by atoms with Crippen molar-refractivity contribution in [1.29, 1.82) is 0 Å². The van der Waals surface area contributed by atoms with E-state index in [0.29, 0.717) is 0 Å². The maximum atomic E-state index is 8.06. The average Bonchev–Trinajstić information content (AvgIpc) is 1.87. The van der Waals surface area contributed by atoms with Crippen LogP contribution in [0, 0.1) is 6.92 Å². The molecule has 60 valence electrons. The number of benzene rings is 1. The van der Waals surface area contributed by atoms with Crippen molar-refractivity contribution in [3.8, 4) is 0 Å². The lowest BCUT2D eigenvalue weighted by molar-refractivity contribution is 0.587. The van der Waals surface area contributed by atoms with E-state index < -0.39 is 0 Å². The van der Waals surface area contributed by atoms with Crippen LogP contribution in [0.5, 0.6) is 0 Å². The van der Waals surface area contributed by atoms with Crippen LogP contribution >= 0.6 is 0 Å². The molecular weight excluding hydrogens is 135 g/mol. The van der Waals surface area contributed by atoms with Crippen LogP contribution in [0.15, 0.2) is 30.3 Å². The summed E-state index contributed by atoms with van der Waals surface area (Å²) in [7, 11) is 0. The first kappa shape index (κ1) is 10.2. The number of rotatable bonds is 0. The smallest absolute Gasteiger partial charge is 0.282 e. The molecule has 0 radical (unpaired) electrons. The van der Waals surface area contributed by atoms with Crippen molar-refractivity contribution in [3.63, 3.8) is 0 Å². The summed E-state index contributed by atoms with van der Waals surface area (Å²) < 4.78 is 0. The van der Waals surface area contributed by atoms with Crippen LogP contribution in [0.4, 0.5) is 0 Å². The second kappa shape index (κ2) is 5.99. The zero-order chi connectivity index (χ0) is 8.69. The first-order valence-electron chi connectivity index (χ1n) is 3.82. The molecule has 1 N–H and O–H groups in total. The molecule has 0 aromatic heterocycles. The number of hydrogen-bond acceptors (Lipinski definition) is 1. The summed E-state index contributed by atoms with van der Waals surface area (Å²) in [6.07, 6.45) is 0. The molecule has 1 nitrogen and oxygen atoms in total. The lowest BCUT2D eigenvalue weighted by atomic mass is 9.76. The van der Waals surface area contributed by atoms with Crippen molar-refractivity contribution in [1.82, 2.24) is 0 Å². The zero-order valence-corrected chi connectivity index (χ0v) is 7.41. The highest BCUT2D eigenvalue weighted by molar-refractivity contribution is 6.46. The van der Waals surface area contributed by atoms with Crippen LogP contribution in [-0.2, 0) is 0 Å². The Balaban J connectivity index is 0.000000218. The Kier molecular flexibility index (Phi) is 5.58. The fourth-order valence-electron chi connectivity index (χ4n) is 0.534. The summed E-state index contributed by atoms with van der Waals surface area (Å²) in [4.78, 5) is 0. The van der Waals surface area contributed by atoms with Gasteiger partial charge in [-0.1, -0.05) is 49.5 Å². The molecule has 0 bridgehead atoms. The van der Waals surface area contributed by atoms with E-state index in [2.05, 4.69) is 19.1 Å². The molecule has 11 heavy (non-hydrogen) atoms. The first-order valence-corrected chi connectivity index (χ1v) is 3.82. The highest BCUT2D eigenvalue weighted by Gasteiger charge is 1.80. The molecule has 1 rings (SSSR count). The molecule has 0 spiro atoms. The Labute approximate surface area is 69.2 Å². The maximum absolute atomic E-state index is 8.06. The highest BCUT2D eigenvalue weighted by atomic mass is 16.2. The third kappa shape index (κ3) is 9.24. The molecule has 1 aromatic rings. The van der Waals surface area contributed by atoms with Crippen LogP contribution in [0.3, 0.4) is 0 Å². The predicted octanol–water partition coefficient (Wildman–Crippen LogP) is 2.22. The molecule has 0 heterocycles. The van der Waals surface area contributed by atoms with Crippen LogP contribution in [0.2, 0.25) is 13.6 Å². The first-order chi connectivity index (χ1) is 5.13. The molecule has 0 unspecified atom stereocenters. The van der Waals surface area contributed by atoms with E-state index in [1.807, 2.05) is 18.2 Å². The molecule has 0 aliphatic heterocycles. The minimum Gasteiger partial charge on any atom is -0.451 e. The molecule has 1 aromatic carbocycles. The minimum absolute atomic E-state index is 0.167. The van der Waals surface area contributed by atoms with Crippen molar-refractivity contribution < 1.29 is 5.02 Å². The normalized spacial score (nSPS) is 8.00. The Morgan fingerprint density at radius 1 is 1.09 bits per heavy atom. The third-order valence-electron chi connectivity index (χ3n) is 0.940. The molecule has 2 heteroatoms. The fraction of sp³-hybridized carbons (Fsp3) is 0.333. The van der Waals surface area contributed by atoms with Gasteiger partial charge in [0.25, 0.3) is 6.92 Å².